The molecule has 0 radical (unpaired) electrons. The van der Waals surface area contributed by atoms with E-state index in [0.29, 0.717) is 5.56 Å². The van der Waals surface area contributed by atoms with Gasteiger partial charge in [0, 0.05) is 17.5 Å². The lowest BCUT2D eigenvalue weighted by molar-refractivity contribution is -0.115. The molecule has 4 heteroatoms. The highest BCUT2D eigenvalue weighted by Crippen LogP contribution is 2.18. The molecular formula is C19H17NO3. The minimum atomic E-state index is -1.10. The van der Waals surface area contributed by atoms with Crippen molar-refractivity contribution in [3.8, 4) is 11.8 Å². The first-order valence-electron chi connectivity index (χ1n) is 7.25. The summed E-state index contributed by atoms with van der Waals surface area (Å²) in [4.78, 5) is 22.8. The highest BCUT2D eigenvalue weighted by molar-refractivity contribution is 6.00. The van der Waals surface area contributed by atoms with Crippen molar-refractivity contribution >= 4 is 17.6 Å². The molecule has 0 fully saturated rings. The topological polar surface area (TPSA) is 66.4 Å². The maximum absolute atomic E-state index is 11.4. The van der Waals surface area contributed by atoms with E-state index in [1.807, 2.05) is 31.2 Å². The number of anilines is 1. The van der Waals surface area contributed by atoms with E-state index in [1.54, 1.807) is 19.1 Å². The average Bonchev–Trinajstić information content (AvgIpc) is 2.55. The van der Waals surface area contributed by atoms with Crippen molar-refractivity contribution in [3.05, 3.63) is 64.7 Å². The molecule has 0 aliphatic carbocycles. The number of carbonyl (C=O) groups excluding carboxylic acids is 1. The second-order valence-corrected chi connectivity index (χ2v) is 5.08. The molecule has 2 aromatic rings. The number of aryl methyl sites for hydroxylation is 1. The van der Waals surface area contributed by atoms with Crippen LogP contribution in [0, 0.1) is 18.8 Å². The Morgan fingerprint density at radius 3 is 2.26 bits per heavy atom. The summed E-state index contributed by atoms with van der Waals surface area (Å²) in [6.45, 7) is 3.71. The third-order valence-electron chi connectivity index (χ3n) is 3.25. The van der Waals surface area contributed by atoms with E-state index >= 15 is 0 Å². The SMILES string of the molecule is CCC(=O)Nc1ccc(C#Cc2ccc(C)cc2)cc1C(=O)O. The molecule has 0 spiro atoms. The zero-order valence-electron chi connectivity index (χ0n) is 13.0. The van der Waals surface area contributed by atoms with E-state index in [0.717, 1.165) is 11.1 Å². The molecule has 0 unspecified atom stereocenters. The fourth-order valence-corrected chi connectivity index (χ4v) is 1.93. The molecule has 0 saturated carbocycles. The molecule has 2 aromatic carbocycles. The number of nitrogens with one attached hydrogen (secondary N) is 1. The molecule has 0 aromatic heterocycles. The summed E-state index contributed by atoms with van der Waals surface area (Å²) in [6.07, 6.45) is 0.286. The van der Waals surface area contributed by atoms with Gasteiger partial charge in [0.2, 0.25) is 5.91 Å². The van der Waals surface area contributed by atoms with Gasteiger partial charge in [0.15, 0.2) is 0 Å². The average molecular weight is 307 g/mol. The monoisotopic (exact) mass is 307 g/mol. The maximum atomic E-state index is 11.4. The van der Waals surface area contributed by atoms with E-state index < -0.39 is 5.97 Å². The first-order chi connectivity index (χ1) is 11.0. The Hall–Kier alpha value is -3.06. The lowest BCUT2D eigenvalue weighted by Crippen LogP contribution is -2.13. The van der Waals surface area contributed by atoms with Crippen molar-refractivity contribution in [2.24, 2.45) is 0 Å². The predicted octanol–water partition coefficient (Wildman–Crippen LogP) is 3.44. The van der Waals surface area contributed by atoms with Crippen molar-refractivity contribution in [3.63, 3.8) is 0 Å². The lowest BCUT2D eigenvalue weighted by Gasteiger charge is -2.07. The summed E-state index contributed by atoms with van der Waals surface area (Å²) in [5.41, 5.74) is 2.90. The van der Waals surface area contributed by atoms with Gasteiger partial charge in [0.05, 0.1) is 11.3 Å². The summed E-state index contributed by atoms with van der Waals surface area (Å²) in [5, 5.41) is 11.9. The van der Waals surface area contributed by atoms with E-state index in [4.69, 9.17) is 0 Å². The Kier molecular flexibility index (Phi) is 5.16. The summed E-state index contributed by atoms with van der Waals surface area (Å²) < 4.78 is 0. The van der Waals surface area contributed by atoms with Crippen molar-refractivity contribution in [2.45, 2.75) is 20.3 Å². The molecule has 2 rings (SSSR count). The van der Waals surface area contributed by atoms with Crippen LogP contribution in [0.25, 0.3) is 0 Å². The normalized spacial score (nSPS) is 9.65. The van der Waals surface area contributed by atoms with Gasteiger partial charge in [-0.2, -0.15) is 0 Å². The minimum Gasteiger partial charge on any atom is -0.478 e. The number of carboxylic acids is 1. The van der Waals surface area contributed by atoms with Gasteiger partial charge in [-0.3, -0.25) is 4.79 Å². The van der Waals surface area contributed by atoms with Crippen molar-refractivity contribution < 1.29 is 14.7 Å². The molecule has 4 nitrogen and oxygen atoms in total. The van der Waals surface area contributed by atoms with E-state index in [9.17, 15) is 14.7 Å². The van der Waals surface area contributed by atoms with Crippen molar-refractivity contribution in [2.75, 3.05) is 5.32 Å². The lowest BCUT2D eigenvalue weighted by atomic mass is 10.1. The number of hydrogen-bond donors (Lipinski definition) is 2. The number of benzene rings is 2. The van der Waals surface area contributed by atoms with Gasteiger partial charge in [0.1, 0.15) is 0 Å². The van der Waals surface area contributed by atoms with E-state index in [1.165, 1.54) is 6.07 Å². The van der Waals surface area contributed by atoms with Gasteiger partial charge >= 0.3 is 5.97 Å². The van der Waals surface area contributed by atoms with Crippen LogP contribution in [0.3, 0.4) is 0 Å². The molecule has 1 amide bonds. The van der Waals surface area contributed by atoms with Crippen LogP contribution in [-0.2, 0) is 4.79 Å². The van der Waals surface area contributed by atoms with Gasteiger partial charge in [-0.15, -0.1) is 0 Å². The smallest absolute Gasteiger partial charge is 0.337 e. The Labute approximate surface area is 135 Å². The molecule has 0 bridgehead atoms. The first kappa shape index (κ1) is 16.3. The van der Waals surface area contributed by atoms with E-state index in [2.05, 4.69) is 17.2 Å². The van der Waals surface area contributed by atoms with Gasteiger partial charge < -0.3 is 10.4 Å². The van der Waals surface area contributed by atoms with Gasteiger partial charge in [-0.05, 0) is 37.3 Å². The van der Waals surface area contributed by atoms with Crippen molar-refractivity contribution in [1.29, 1.82) is 0 Å². The van der Waals surface area contributed by atoms with Gasteiger partial charge in [-0.25, -0.2) is 4.79 Å². The fraction of sp³-hybridized carbons (Fsp3) is 0.158. The Bertz CT molecular complexity index is 796. The standard InChI is InChI=1S/C19H17NO3/c1-3-18(21)20-17-11-10-15(12-16(17)19(22)23)9-8-14-6-4-13(2)5-7-14/h4-7,10-12H,3H2,1-2H3,(H,20,21)(H,22,23). The molecular weight excluding hydrogens is 290 g/mol. The summed E-state index contributed by atoms with van der Waals surface area (Å²) in [6, 6.07) is 12.5. The minimum absolute atomic E-state index is 0.0301. The quantitative estimate of drug-likeness (QED) is 0.854. The second kappa shape index (κ2) is 7.28. The van der Waals surface area contributed by atoms with Gasteiger partial charge in [-0.1, -0.05) is 36.5 Å². The summed E-state index contributed by atoms with van der Waals surface area (Å²) in [7, 11) is 0. The van der Waals surface area contributed by atoms with Gasteiger partial charge in [0.25, 0.3) is 0 Å². The Morgan fingerprint density at radius 2 is 1.65 bits per heavy atom. The number of carboxylic acid groups (broad SMARTS) is 1. The molecule has 0 saturated heterocycles. The molecule has 23 heavy (non-hydrogen) atoms. The van der Waals surface area contributed by atoms with Crippen LogP contribution in [0.15, 0.2) is 42.5 Å². The molecule has 2 N–H and O–H groups in total. The number of carbonyl (C=O) groups is 2. The second-order valence-electron chi connectivity index (χ2n) is 5.08. The highest BCUT2D eigenvalue weighted by Gasteiger charge is 2.12. The van der Waals surface area contributed by atoms with Crippen LogP contribution in [0.1, 0.15) is 40.4 Å². The number of rotatable bonds is 3. The predicted molar refractivity (Wildman–Crippen MR) is 89.5 cm³/mol. The number of hydrogen-bond acceptors (Lipinski definition) is 2. The number of amides is 1. The maximum Gasteiger partial charge on any atom is 0.337 e. The van der Waals surface area contributed by atoms with Crippen LogP contribution in [-0.4, -0.2) is 17.0 Å². The van der Waals surface area contributed by atoms with Crippen LogP contribution in [0.5, 0.6) is 0 Å². The zero-order chi connectivity index (χ0) is 16.8. The Balaban J connectivity index is 2.31. The molecule has 116 valence electrons. The molecule has 0 heterocycles. The molecule has 0 atom stereocenters. The summed E-state index contributed by atoms with van der Waals surface area (Å²) >= 11 is 0. The molecule has 0 aliphatic heterocycles. The van der Waals surface area contributed by atoms with E-state index in [-0.39, 0.29) is 23.6 Å². The fourth-order valence-electron chi connectivity index (χ4n) is 1.93. The largest absolute Gasteiger partial charge is 0.478 e. The van der Waals surface area contributed by atoms with Crippen LogP contribution in [0.2, 0.25) is 0 Å². The van der Waals surface area contributed by atoms with Crippen LogP contribution < -0.4 is 5.32 Å². The third kappa shape index (κ3) is 4.45. The van der Waals surface area contributed by atoms with Crippen molar-refractivity contribution in [1.82, 2.24) is 0 Å². The summed E-state index contributed by atoms with van der Waals surface area (Å²) in [5.74, 6) is 4.61. The highest BCUT2D eigenvalue weighted by atomic mass is 16.4. The Morgan fingerprint density at radius 1 is 1.04 bits per heavy atom. The molecule has 0 aliphatic rings. The third-order valence-corrected chi connectivity index (χ3v) is 3.25. The van der Waals surface area contributed by atoms with Crippen LogP contribution in [0.4, 0.5) is 5.69 Å². The first-order valence-corrected chi connectivity index (χ1v) is 7.25. The van der Waals surface area contributed by atoms with Crippen LogP contribution >= 0.6 is 0 Å². The number of aromatic carboxylic acids is 1. The zero-order valence-corrected chi connectivity index (χ0v) is 13.0.